The predicted molar refractivity (Wildman–Crippen MR) is 375 cm³/mol. The van der Waals surface area contributed by atoms with Gasteiger partial charge >= 0.3 is 5.97 Å². The summed E-state index contributed by atoms with van der Waals surface area (Å²) in [5.74, 6) is -0.176. The highest BCUT2D eigenvalue weighted by Gasteiger charge is 2.44. The number of aliphatic hydroxyl groups is 5. The molecule has 522 valence electrons. The molecule has 0 aromatic carbocycles. The molecule has 1 aliphatic heterocycles. The van der Waals surface area contributed by atoms with Crippen LogP contribution in [0.15, 0.2) is 48.6 Å². The van der Waals surface area contributed by atoms with Crippen molar-refractivity contribution in [2.75, 3.05) is 19.8 Å². The van der Waals surface area contributed by atoms with Crippen LogP contribution in [-0.2, 0) is 23.8 Å². The molecule has 0 aromatic heterocycles. The molecule has 0 bridgehead atoms. The quantitative estimate of drug-likeness (QED) is 0.0195. The minimum Gasteiger partial charge on any atom is -0.466 e. The third-order valence-electron chi connectivity index (χ3n) is 18.2. The van der Waals surface area contributed by atoms with Crippen LogP contribution in [-0.4, -0.2) is 100 Å². The molecule has 0 radical (unpaired) electrons. The highest BCUT2D eigenvalue weighted by molar-refractivity contribution is 5.76. The van der Waals surface area contributed by atoms with E-state index in [0.29, 0.717) is 19.4 Å². The lowest BCUT2D eigenvalue weighted by atomic mass is 9.99. The number of aliphatic hydroxyl groups excluding tert-OH is 5. The van der Waals surface area contributed by atoms with Crippen LogP contribution < -0.4 is 5.32 Å². The van der Waals surface area contributed by atoms with Gasteiger partial charge in [-0.2, -0.15) is 0 Å². The van der Waals surface area contributed by atoms with Crippen molar-refractivity contribution in [1.29, 1.82) is 0 Å². The molecule has 1 amide bonds. The maximum absolute atomic E-state index is 13.0. The molecule has 1 saturated heterocycles. The van der Waals surface area contributed by atoms with E-state index < -0.39 is 49.5 Å². The van der Waals surface area contributed by atoms with Gasteiger partial charge in [-0.05, 0) is 77.0 Å². The van der Waals surface area contributed by atoms with Crippen molar-refractivity contribution in [3.63, 3.8) is 0 Å². The Balaban J connectivity index is 1.87. The second-order valence-corrected chi connectivity index (χ2v) is 26.7. The zero-order chi connectivity index (χ0) is 64.4. The van der Waals surface area contributed by atoms with E-state index in [0.717, 1.165) is 64.2 Å². The van der Waals surface area contributed by atoms with Crippen molar-refractivity contribution >= 4 is 11.9 Å². The number of unbranched alkanes of at least 4 members (excludes halogenated alkanes) is 48. The lowest BCUT2D eigenvalue weighted by Gasteiger charge is -2.40. The zero-order valence-corrected chi connectivity index (χ0v) is 58.2. The molecule has 0 saturated carbocycles. The van der Waals surface area contributed by atoms with Gasteiger partial charge in [-0.3, -0.25) is 9.59 Å². The molecule has 1 rings (SSSR count). The normalized spacial score (nSPS) is 17.9. The van der Waals surface area contributed by atoms with E-state index in [1.165, 1.54) is 283 Å². The fraction of sp³-hybridized carbons (Fsp3) is 0.872. The number of esters is 1. The highest BCUT2D eigenvalue weighted by atomic mass is 16.7. The Morgan fingerprint density at radius 3 is 1.17 bits per heavy atom. The Morgan fingerprint density at radius 2 is 0.764 bits per heavy atom. The molecule has 7 unspecified atom stereocenters. The number of carbonyl (C=O) groups excluding carboxylic acids is 2. The van der Waals surface area contributed by atoms with Crippen LogP contribution in [0.2, 0.25) is 0 Å². The minimum atomic E-state index is -1.58. The van der Waals surface area contributed by atoms with Crippen LogP contribution in [0, 0.1) is 0 Å². The van der Waals surface area contributed by atoms with E-state index in [4.69, 9.17) is 14.2 Å². The van der Waals surface area contributed by atoms with Crippen molar-refractivity contribution in [2.45, 2.75) is 416 Å². The summed E-state index contributed by atoms with van der Waals surface area (Å²) in [5, 5.41) is 54.3. The number of nitrogens with one attached hydrogen (secondary N) is 1. The predicted octanol–water partition coefficient (Wildman–Crippen LogP) is 20.3. The van der Waals surface area contributed by atoms with Gasteiger partial charge in [0.2, 0.25) is 5.91 Å². The first kappa shape index (κ1) is 84.6. The van der Waals surface area contributed by atoms with E-state index >= 15 is 0 Å². The molecule has 11 heteroatoms. The van der Waals surface area contributed by atoms with Crippen molar-refractivity contribution < 1.29 is 49.3 Å². The van der Waals surface area contributed by atoms with Crippen LogP contribution in [0.4, 0.5) is 0 Å². The number of ether oxygens (including phenoxy) is 3. The topological polar surface area (TPSA) is 175 Å². The lowest BCUT2D eigenvalue weighted by Crippen LogP contribution is -2.60. The van der Waals surface area contributed by atoms with Crippen LogP contribution in [0.3, 0.4) is 0 Å². The zero-order valence-electron chi connectivity index (χ0n) is 58.2. The Morgan fingerprint density at radius 1 is 0.416 bits per heavy atom. The van der Waals surface area contributed by atoms with Gasteiger partial charge in [0.05, 0.1) is 32.0 Å². The average molecular weight is 1260 g/mol. The first-order chi connectivity index (χ1) is 43.7. The summed E-state index contributed by atoms with van der Waals surface area (Å²) in [5.41, 5.74) is 0. The third kappa shape index (κ3) is 55.8. The molecule has 1 aliphatic rings. The standard InChI is InChI=1S/C78H145NO10/c1-3-5-7-9-11-13-15-46-50-54-58-62-66-74(83)87-67-63-59-55-51-47-44-42-40-38-36-34-32-30-28-26-24-22-20-18-16-17-19-21-23-25-27-29-31-33-35-37-39-41-43-45-49-53-57-61-65-73(82)79-70(69-88-78-77(86)76(85)75(84)72(68-80)89-78)71(81)64-60-56-52-48-14-12-10-8-6-4-2/h6,8,14,16-17,48,60,64,70-72,75-78,80-81,84-86H,3-5,7,9-13,15,18-47,49-59,61-63,65-69H2,1-2H3,(H,79,82)/b8-6+,17-16-,48-14+,64-60+. The Kier molecular flexibility index (Phi) is 63.8. The summed E-state index contributed by atoms with van der Waals surface area (Å²) < 4.78 is 16.7. The summed E-state index contributed by atoms with van der Waals surface area (Å²) in [6, 6.07) is -0.831. The number of hydrogen-bond acceptors (Lipinski definition) is 10. The SMILES string of the molecule is CC/C=C/CC/C=C/CC/C=C/C(O)C(COC1OC(CO)C(O)C(O)C1O)NC(=O)CCCCCCCCCCCCCCCCCCC/C=C\CCCCCCCCCCCCCCCCCCCCOC(=O)CCCCCCCCCCCCCC. The summed E-state index contributed by atoms with van der Waals surface area (Å²) in [6.07, 6.45) is 78.8. The monoisotopic (exact) mass is 1260 g/mol. The van der Waals surface area contributed by atoms with Crippen LogP contribution in [0.5, 0.6) is 0 Å². The third-order valence-corrected chi connectivity index (χ3v) is 18.2. The summed E-state index contributed by atoms with van der Waals surface area (Å²) in [4.78, 5) is 25.1. The van der Waals surface area contributed by atoms with Crippen molar-refractivity contribution in [1.82, 2.24) is 5.32 Å². The molecule has 1 heterocycles. The van der Waals surface area contributed by atoms with Crippen LogP contribution >= 0.6 is 0 Å². The van der Waals surface area contributed by atoms with E-state index in [1.54, 1.807) is 6.08 Å². The molecule has 7 atom stereocenters. The molecule has 6 N–H and O–H groups in total. The smallest absolute Gasteiger partial charge is 0.305 e. The molecule has 11 nitrogen and oxygen atoms in total. The average Bonchev–Trinajstić information content (AvgIpc) is 2.81. The molecule has 1 fully saturated rings. The van der Waals surface area contributed by atoms with Crippen molar-refractivity contribution in [3.8, 4) is 0 Å². The van der Waals surface area contributed by atoms with Gasteiger partial charge in [-0.15, -0.1) is 0 Å². The van der Waals surface area contributed by atoms with Crippen LogP contribution in [0.25, 0.3) is 0 Å². The molecule has 0 spiro atoms. The van der Waals surface area contributed by atoms with E-state index in [2.05, 4.69) is 55.6 Å². The van der Waals surface area contributed by atoms with Crippen molar-refractivity contribution in [3.05, 3.63) is 48.6 Å². The fourth-order valence-electron chi connectivity index (χ4n) is 12.2. The number of rotatable bonds is 68. The van der Waals surface area contributed by atoms with Gasteiger partial charge < -0.3 is 45.1 Å². The Bertz CT molecular complexity index is 1620. The molecular weight excluding hydrogens is 1110 g/mol. The fourth-order valence-corrected chi connectivity index (χ4v) is 12.2. The van der Waals surface area contributed by atoms with Gasteiger partial charge in [0, 0.05) is 12.8 Å². The number of allylic oxidation sites excluding steroid dienone is 7. The number of hydrogen-bond donors (Lipinski definition) is 6. The number of carbonyl (C=O) groups is 2. The van der Waals surface area contributed by atoms with Gasteiger partial charge in [-0.1, -0.05) is 332 Å². The first-order valence-electron chi connectivity index (χ1n) is 38.4. The lowest BCUT2D eigenvalue weighted by molar-refractivity contribution is -0.302. The first-order valence-corrected chi connectivity index (χ1v) is 38.4. The highest BCUT2D eigenvalue weighted by Crippen LogP contribution is 2.24. The largest absolute Gasteiger partial charge is 0.466 e. The van der Waals surface area contributed by atoms with E-state index in [-0.39, 0.29) is 18.5 Å². The summed E-state index contributed by atoms with van der Waals surface area (Å²) in [6.45, 7) is 4.24. The Hall–Kier alpha value is -2.38. The maximum Gasteiger partial charge on any atom is 0.305 e. The minimum absolute atomic E-state index is 0.0174. The molecule has 0 aliphatic carbocycles. The van der Waals surface area contributed by atoms with Crippen LogP contribution in [0.1, 0.15) is 373 Å². The van der Waals surface area contributed by atoms with Crippen molar-refractivity contribution in [2.24, 2.45) is 0 Å². The second-order valence-electron chi connectivity index (χ2n) is 26.7. The van der Waals surface area contributed by atoms with Gasteiger partial charge in [0.1, 0.15) is 24.4 Å². The number of amides is 1. The van der Waals surface area contributed by atoms with Gasteiger partial charge in [0.25, 0.3) is 0 Å². The van der Waals surface area contributed by atoms with E-state index in [1.807, 2.05) is 6.08 Å². The maximum atomic E-state index is 13.0. The van der Waals surface area contributed by atoms with Gasteiger partial charge in [0.15, 0.2) is 6.29 Å². The molecular formula is C78H145NO10. The van der Waals surface area contributed by atoms with E-state index in [9.17, 15) is 35.1 Å². The molecule has 0 aromatic rings. The summed E-state index contributed by atoms with van der Waals surface area (Å²) >= 11 is 0. The summed E-state index contributed by atoms with van der Waals surface area (Å²) in [7, 11) is 0. The van der Waals surface area contributed by atoms with Gasteiger partial charge in [-0.25, -0.2) is 0 Å². The Labute approximate surface area is 548 Å². The second kappa shape index (κ2) is 67.1. The molecule has 89 heavy (non-hydrogen) atoms.